The minimum absolute atomic E-state index is 0.0418. The van der Waals surface area contributed by atoms with E-state index in [4.69, 9.17) is 5.11 Å². The van der Waals surface area contributed by atoms with Gasteiger partial charge >= 0.3 is 0 Å². The lowest BCUT2D eigenvalue weighted by molar-refractivity contribution is 0.0944. The van der Waals surface area contributed by atoms with E-state index in [1.165, 1.54) is 0 Å². The van der Waals surface area contributed by atoms with Gasteiger partial charge in [-0.15, -0.1) is 0 Å². The number of aliphatic hydroxyl groups is 1. The third-order valence-electron chi connectivity index (χ3n) is 2.02. The number of para-hydroxylation sites is 1. The zero-order valence-electron chi connectivity index (χ0n) is 9.66. The number of benzene rings is 1. The smallest absolute Gasteiger partial charge is 0.253 e. The fraction of sp³-hybridized carbons (Fsp3) is 0.417. The van der Waals surface area contributed by atoms with Gasteiger partial charge in [-0.2, -0.15) is 0 Å². The molecule has 0 aliphatic carbocycles. The molecule has 16 heavy (non-hydrogen) atoms. The van der Waals surface area contributed by atoms with Crippen LogP contribution in [-0.4, -0.2) is 30.2 Å². The molecule has 4 heteroatoms. The molecule has 0 atom stereocenters. The van der Waals surface area contributed by atoms with E-state index in [9.17, 15) is 4.79 Å². The monoisotopic (exact) mass is 222 g/mol. The van der Waals surface area contributed by atoms with Gasteiger partial charge in [-0.1, -0.05) is 12.1 Å². The Balaban J connectivity index is 2.81. The van der Waals surface area contributed by atoms with Gasteiger partial charge < -0.3 is 15.7 Å². The van der Waals surface area contributed by atoms with E-state index < -0.39 is 0 Å². The minimum Gasteiger partial charge on any atom is -0.395 e. The summed E-state index contributed by atoms with van der Waals surface area (Å²) in [4.78, 5) is 11.8. The van der Waals surface area contributed by atoms with Gasteiger partial charge in [0.25, 0.3) is 5.91 Å². The van der Waals surface area contributed by atoms with E-state index in [0.717, 1.165) is 5.69 Å². The first-order valence-electron chi connectivity index (χ1n) is 5.39. The summed E-state index contributed by atoms with van der Waals surface area (Å²) < 4.78 is 0. The second-order valence-corrected chi connectivity index (χ2v) is 3.82. The Bertz CT molecular complexity index is 351. The van der Waals surface area contributed by atoms with Crippen LogP contribution in [-0.2, 0) is 0 Å². The van der Waals surface area contributed by atoms with Crippen LogP contribution in [0.15, 0.2) is 24.3 Å². The van der Waals surface area contributed by atoms with Crippen molar-refractivity contribution in [2.45, 2.75) is 19.9 Å². The van der Waals surface area contributed by atoms with Crippen LogP contribution in [0.5, 0.6) is 0 Å². The molecule has 0 spiro atoms. The van der Waals surface area contributed by atoms with E-state index in [2.05, 4.69) is 10.6 Å². The largest absolute Gasteiger partial charge is 0.395 e. The van der Waals surface area contributed by atoms with Crippen LogP contribution in [0.25, 0.3) is 0 Å². The third kappa shape index (κ3) is 3.55. The average Bonchev–Trinajstić information content (AvgIpc) is 2.25. The van der Waals surface area contributed by atoms with Crippen LogP contribution in [0.1, 0.15) is 24.2 Å². The Morgan fingerprint density at radius 2 is 2.06 bits per heavy atom. The van der Waals surface area contributed by atoms with Gasteiger partial charge in [0.15, 0.2) is 0 Å². The summed E-state index contributed by atoms with van der Waals surface area (Å²) in [6.45, 7) is 4.31. The number of rotatable bonds is 5. The number of amides is 1. The van der Waals surface area contributed by atoms with Gasteiger partial charge in [-0.05, 0) is 26.0 Å². The molecule has 1 rings (SSSR count). The highest BCUT2D eigenvalue weighted by atomic mass is 16.3. The second kappa shape index (κ2) is 6.12. The Hall–Kier alpha value is -1.55. The van der Waals surface area contributed by atoms with Crippen molar-refractivity contribution >= 4 is 11.6 Å². The molecule has 0 saturated carbocycles. The molecule has 0 aromatic heterocycles. The number of aliphatic hydroxyl groups excluding tert-OH is 1. The molecular weight excluding hydrogens is 204 g/mol. The quantitative estimate of drug-likeness (QED) is 0.702. The van der Waals surface area contributed by atoms with E-state index in [0.29, 0.717) is 12.1 Å². The predicted octanol–water partition coefficient (Wildman–Crippen LogP) is 1.23. The first-order chi connectivity index (χ1) is 7.65. The molecule has 0 radical (unpaired) electrons. The Morgan fingerprint density at radius 3 is 2.69 bits per heavy atom. The van der Waals surface area contributed by atoms with Crippen molar-refractivity contribution in [2.75, 3.05) is 18.5 Å². The van der Waals surface area contributed by atoms with Crippen LogP contribution < -0.4 is 10.6 Å². The van der Waals surface area contributed by atoms with E-state index in [1.807, 2.05) is 32.0 Å². The fourth-order valence-corrected chi connectivity index (χ4v) is 1.37. The summed E-state index contributed by atoms with van der Waals surface area (Å²) >= 11 is 0. The van der Waals surface area contributed by atoms with Crippen molar-refractivity contribution in [2.24, 2.45) is 0 Å². The van der Waals surface area contributed by atoms with Crippen molar-refractivity contribution in [3.05, 3.63) is 29.8 Å². The van der Waals surface area contributed by atoms with Gasteiger partial charge in [-0.25, -0.2) is 0 Å². The summed E-state index contributed by atoms with van der Waals surface area (Å²) in [5, 5.41) is 14.6. The Kier molecular flexibility index (Phi) is 4.79. The SMILES string of the molecule is CC(C)NC(=O)c1ccccc1NCCO. The highest BCUT2D eigenvalue weighted by Crippen LogP contribution is 2.14. The lowest BCUT2D eigenvalue weighted by Crippen LogP contribution is -2.30. The first-order valence-corrected chi connectivity index (χ1v) is 5.39. The molecule has 0 fully saturated rings. The predicted molar refractivity (Wildman–Crippen MR) is 64.6 cm³/mol. The maximum absolute atomic E-state index is 11.8. The van der Waals surface area contributed by atoms with Gasteiger partial charge in [0, 0.05) is 18.3 Å². The van der Waals surface area contributed by atoms with E-state index in [1.54, 1.807) is 6.07 Å². The molecule has 1 aromatic rings. The number of nitrogens with one attached hydrogen (secondary N) is 2. The summed E-state index contributed by atoms with van der Waals surface area (Å²) in [5.41, 5.74) is 1.35. The van der Waals surface area contributed by atoms with Crippen LogP contribution >= 0.6 is 0 Å². The fourth-order valence-electron chi connectivity index (χ4n) is 1.37. The standard InChI is InChI=1S/C12H18N2O2/c1-9(2)14-12(16)10-5-3-4-6-11(10)13-7-8-15/h3-6,9,13,15H,7-8H2,1-2H3,(H,14,16). The molecule has 0 saturated heterocycles. The average molecular weight is 222 g/mol. The van der Waals surface area contributed by atoms with Crippen molar-refractivity contribution in [1.29, 1.82) is 0 Å². The normalized spacial score (nSPS) is 10.2. The van der Waals surface area contributed by atoms with Crippen LogP contribution in [0.4, 0.5) is 5.69 Å². The van der Waals surface area contributed by atoms with Gasteiger partial charge in [0.1, 0.15) is 0 Å². The first kappa shape index (κ1) is 12.5. The topological polar surface area (TPSA) is 61.4 Å². The van der Waals surface area contributed by atoms with Crippen LogP contribution in [0.2, 0.25) is 0 Å². The number of anilines is 1. The van der Waals surface area contributed by atoms with Gasteiger partial charge in [0.05, 0.1) is 12.2 Å². The summed E-state index contributed by atoms with van der Waals surface area (Å²) in [7, 11) is 0. The second-order valence-electron chi connectivity index (χ2n) is 3.82. The third-order valence-corrected chi connectivity index (χ3v) is 2.02. The maximum Gasteiger partial charge on any atom is 0.253 e. The Labute approximate surface area is 95.7 Å². The molecule has 3 N–H and O–H groups in total. The Morgan fingerprint density at radius 1 is 1.38 bits per heavy atom. The highest BCUT2D eigenvalue weighted by molar-refractivity contribution is 5.99. The summed E-state index contributed by atoms with van der Waals surface area (Å²) in [5.74, 6) is -0.101. The zero-order chi connectivity index (χ0) is 12.0. The van der Waals surface area contributed by atoms with Crippen LogP contribution in [0, 0.1) is 0 Å². The van der Waals surface area contributed by atoms with E-state index in [-0.39, 0.29) is 18.6 Å². The molecule has 88 valence electrons. The van der Waals surface area contributed by atoms with Gasteiger partial charge in [-0.3, -0.25) is 4.79 Å². The van der Waals surface area contributed by atoms with E-state index >= 15 is 0 Å². The number of carbonyl (C=O) groups is 1. The lowest BCUT2D eigenvalue weighted by atomic mass is 10.1. The van der Waals surface area contributed by atoms with Crippen molar-refractivity contribution < 1.29 is 9.90 Å². The molecule has 1 amide bonds. The summed E-state index contributed by atoms with van der Waals surface area (Å²) in [6, 6.07) is 7.37. The maximum atomic E-state index is 11.8. The molecule has 0 heterocycles. The summed E-state index contributed by atoms with van der Waals surface area (Å²) in [6.07, 6.45) is 0. The van der Waals surface area contributed by atoms with Crippen molar-refractivity contribution in [3.8, 4) is 0 Å². The molecule has 1 aromatic carbocycles. The molecule has 0 unspecified atom stereocenters. The zero-order valence-corrected chi connectivity index (χ0v) is 9.66. The number of carbonyl (C=O) groups excluding carboxylic acids is 1. The molecule has 0 bridgehead atoms. The number of hydrogen-bond acceptors (Lipinski definition) is 3. The molecule has 0 aliphatic rings. The molecule has 0 aliphatic heterocycles. The number of hydrogen-bond donors (Lipinski definition) is 3. The van der Waals surface area contributed by atoms with Crippen molar-refractivity contribution in [1.82, 2.24) is 5.32 Å². The van der Waals surface area contributed by atoms with Crippen molar-refractivity contribution in [3.63, 3.8) is 0 Å². The van der Waals surface area contributed by atoms with Gasteiger partial charge in [0.2, 0.25) is 0 Å². The van der Waals surface area contributed by atoms with Crippen LogP contribution in [0.3, 0.4) is 0 Å². The lowest BCUT2D eigenvalue weighted by Gasteiger charge is -2.13. The highest BCUT2D eigenvalue weighted by Gasteiger charge is 2.10. The molecule has 4 nitrogen and oxygen atoms in total. The minimum atomic E-state index is -0.101. The molecular formula is C12H18N2O2.